The zero-order valence-electron chi connectivity index (χ0n) is 16.5. The molecule has 3 rings (SSSR count). The van der Waals surface area contributed by atoms with Crippen molar-refractivity contribution in [1.29, 1.82) is 0 Å². The summed E-state index contributed by atoms with van der Waals surface area (Å²) >= 11 is 6.28. The van der Waals surface area contributed by atoms with Gasteiger partial charge in [0.15, 0.2) is 0 Å². The van der Waals surface area contributed by atoms with Gasteiger partial charge in [-0.05, 0) is 11.6 Å². The van der Waals surface area contributed by atoms with Crippen LogP contribution in [0.1, 0.15) is 11.1 Å². The predicted molar refractivity (Wildman–Crippen MR) is 112 cm³/mol. The van der Waals surface area contributed by atoms with Crippen molar-refractivity contribution in [3.05, 3.63) is 52.5 Å². The first-order chi connectivity index (χ1) is 13.6. The molecule has 1 fully saturated rings. The van der Waals surface area contributed by atoms with Crippen molar-refractivity contribution < 1.29 is 14.2 Å². The van der Waals surface area contributed by atoms with E-state index in [1.54, 1.807) is 27.5 Å². The number of piperazine rings is 1. The van der Waals surface area contributed by atoms with Crippen LogP contribution in [0.25, 0.3) is 0 Å². The number of halogens is 1. The smallest absolute Gasteiger partial charge is 0.135 e. The molecule has 0 atom stereocenters. The molecule has 0 unspecified atom stereocenters. The summed E-state index contributed by atoms with van der Waals surface area (Å²) in [5.74, 6) is 2.01. The Morgan fingerprint density at radius 1 is 0.964 bits per heavy atom. The lowest BCUT2D eigenvalue weighted by Gasteiger charge is -2.33. The average Bonchev–Trinajstić information content (AvgIpc) is 2.74. The van der Waals surface area contributed by atoms with E-state index in [0.717, 1.165) is 48.9 Å². The number of hydrazone groups is 1. The van der Waals surface area contributed by atoms with Gasteiger partial charge >= 0.3 is 0 Å². The summed E-state index contributed by atoms with van der Waals surface area (Å²) in [5.41, 5.74) is 1.96. The van der Waals surface area contributed by atoms with Crippen molar-refractivity contribution in [2.24, 2.45) is 5.10 Å². The Labute approximate surface area is 171 Å². The Morgan fingerprint density at radius 3 is 2.18 bits per heavy atom. The zero-order valence-corrected chi connectivity index (χ0v) is 17.3. The summed E-state index contributed by atoms with van der Waals surface area (Å²) in [5, 5.41) is 7.52. The van der Waals surface area contributed by atoms with Crippen LogP contribution in [0.2, 0.25) is 5.02 Å². The molecule has 0 radical (unpaired) electrons. The van der Waals surface area contributed by atoms with Crippen molar-refractivity contribution in [3.63, 3.8) is 0 Å². The Bertz CT molecular complexity index is 795. The molecule has 0 spiro atoms. The van der Waals surface area contributed by atoms with Crippen LogP contribution < -0.4 is 14.2 Å². The van der Waals surface area contributed by atoms with Gasteiger partial charge in [0.2, 0.25) is 0 Å². The van der Waals surface area contributed by atoms with Crippen molar-refractivity contribution in [3.8, 4) is 17.2 Å². The number of benzene rings is 2. The summed E-state index contributed by atoms with van der Waals surface area (Å²) < 4.78 is 16.2. The number of nitrogens with zero attached hydrogens (tertiary/aromatic N) is 3. The molecule has 7 heteroatoms. The molecule has 2 aromatic carbocycles. The standard InChI is InChI=1S/C21H26ClN3O3/c1-26-17-12-20(27-2)18(21(13-17)28-3)14-23-25-10-8-24(9-11-25)15-16-6-4-5-7-19(16)22/h4-7,12-14H,8-11,15H2,1-3H3/b23-14+. The number of ether oxygens (including phenoxy) is 3. The van der Waals surface area contributed by atoms with Crippen molar-refractivity contribution in [1.82, 2.24) is 9.91 Å². The lowest BCUT2D eigenvalue weighted by Crippen LogP contribution is -2.43. The number of methoxy groups -OCH3 is 3. The molecule has 6 nitrogen and oxygen atoms in total. The fraction of sp³-hybridized carbons (Fsp3) is 0.381. The van der Waals surface area contributed by atoms with E-state index >= 15 is 0 Å². The van der Waals surface area contributed by atoms with Crippen molar-refractivity contribution in [2.45, 2.75) is 6.54 Å². The minimum absolute atomic E-state index is 0.664. The summed E-state index contributed by atoms with van der Waals surface area (Å²) in [7, 11) is 4.86. The fourth-order valence-electron chi connectivity index (χ4n) is 3.18. The molecule has 1 aliphatic heterocycles. The van der Waals surface area contributed by atoms with E-state index in [2.05, 4.69) is 21.1 Å². The fourth-order valence-corrected chi connectivity index (χ4v) is 3.37. The Hall–Kier alpha value is -2.44. The molecule has 2 aromatic rings. The molecule has 28 heavy (non-hydrogen) atoms. The normalized spacial score (nSPS) is 15.1. The van der Waals surface area contributed by atoms with E-state index in [1.165, 1.54) is 0 Å². The van der Waals surface area contributed by atoms with E-state index in [-0.39, 0.29) is 0 Å². The maximum Gasteiger partial charge on any atom is 0.135 e. The van der Waals surface area contributed by atoms with Crippen molar-refractivity contribution >= 4 is 17.8 Å². The summed E-state index contributed by atoms with van der Waals surface area (Å²) in [6.45, 7) is 4.42. The zero-order chi connectivity index (χ0) is 19.9. The highest BCUT2D eigenvalue weighted by Gasteiger charge is 2.17. The first-order valence-electron chi connectivity index (χ1n) is 9.19. The van der Waals surface area contributed by atoms with E-state index < -0.39 is 0 Å². The molecular formula is C21H26ClN3O3. The molecule has 150 valence electrons. The van der Waals surface area contributed by atoms with Crippen LogP contribution in [-0.2, 0) is 6.54 Å². The Kier molecular flexibility index (Phi) is 7.01. The lowest BCUT2D eigenvalue weighted by atomic mass is 10.2. The highest BCUT2D eigenvalue weighted by Crippen LogP contribution is 2.32. The number of rotatable bonds is 7. The number of hydrogen-bond acceptors (Lipinski definition) is 6. The molecule has 0 amide bonds. The van der Waals surface area contributed by atoms with Crippen LogP contribution in [-0.4, -0.2) is 63.6 Å². The first-order valence-corrected chi connectivity index (χ1v) is 9.57. The highest BCUT2D eigenvalue weighted by atomic mass is 35.5. The van der Waals surface area contributed by atoms with E-state index in [9.17, 15) is 0 Å². The second-order valence-corrected chi connectivity index (χ2v) is 6.92. The quantitative estimate of drug-likeness (QED) is 0.662. The van der Waals surface area contributed by atoms with Gasteiger partial charge in [-0.1, -0.05) is 29.8 Å². The average molecular weight is 404 g/mol. The van der Waals surface area contributed by atoms with Gasteiger partial charge < -0.3 is 14.2 Å². The Balaban J connectivity index is 1.63. The van der Waals surface area contributed by atoms with Crippen LogP contribution in [0.3, 0.4) is 0 Å². The molecule has 1 heterocycles. The minimum atomic E-state index is 0.664. The Morgan fingerprint density at radius 2 is 1.61 bits per heavy atom. The molecule has 0 bridgehead atoms. The van der Waals surface area contributed by atoms with Gasteiger partial charge in [0, 0.05) is 49.9 Å². The van der Waals surface area contributed by atoms with Crippen LogP contribution in [0.4, 0.5) is 0 Å². The van der Waals surface area contributed by atoms with Gasteiger partial charge in [-0.25, -0.2) is 0 Å². The lowest BCUT2D eigenvalue weighted by molar-refractivity contribution is 0.131. The maximum atomic E-state index is 6.28. The molecule has 1 saturated heterocycles. The van der Waals surface area contributed by atoms with Crippen LogP contribution in [0.5, 0.6) is 17.2 Å². The van der Waals surface area contributed by atoms with Gasteiger partial charge in [-0.2, -0.15) is 5.10 Å². The van der Waals surface area contributed by atoms with Crippen LogP contribution in [0.15, 0.2) is 41.5 Å². The third kappa shape index (κ3) is 4.88. The van der Waals surface area contributed by atoms with E-state index in [0.29, 0.717) is 17.2 Å². The third-order valence-corrected chi connectivity index (χ3v) is 5.17. The van der Waals surface area contributed by atoms with Gasteiger partial charge in [0.25, 0.3) is 0 Å². The second kappa shape index (κ2) is 9.66. The first kappa shape index (κ1) is 20.3. The molecule has 0 N–H and O–H groups in total. The number of hydrogen-bond donors (Lipinski definition) is 0. The van der Waals surface area contributed by atoms with Crippen molar-refractivity contribution in [2.75, 3.05) is 47.5 Å². The topological polar surface area (TPSA) is 46.5 Å². The summed E-state index contributed by atoms with van der Waals surface area (Å²) in [4.78, 5) is 2.39. The maximum absolute atomic E-state index is 6.28. The highest BCUT2D eigenvalue weighted by molar-refractivity contribution is 6.31. The van der Waals surface area contributed by atoms with Crippen LogP contribution in [0, 0.1) is 0 Å². The SMILES string of the molecule is COc1cc(OC)c(/C=N/N2CCN(Cc3ccccc3Cl)CC2)c(OC)c1. The largest absolute Gasteiger partial charge is 0.496 e. The predicted octanol–water partition coefficient (Wildman–Crippen LogP) is 3.52. The molecule has 1 aliphatic rings. The van der Waals surface area contributed by atoms with E-state index in [4.69, 9.17) is 25.8 Å². The van der Waals surface area contributed by atoms with Gasteiger partial charge in [-0.15, -0.1) is 0 Å². The monoisotopic (exact) mass is 403 g/mol. The van der Waals surface area contributed by atoms with Gasteiger partial charge in [-0.3, -0.25) is 9.91 Å². The second-order valence-electron chi connectivity index (χ2n) is 6.51. The van der Waals surface area contributed by atoms with Gasteiger partial charge in [0.1, 0.15) is 17.2 Å². The third-order valence-electron chi connectivity index (χ3n) is 4.80. The minimum Gasteiger partial charge on any atom is -0.496 e. The molecular weight excluding hydrogens is 378 g/mol. The summed E-state index contributed by atoms with van der Waals surface area (Å²) in [6.07, 6.45) is 1.79. The molecule has 0 aliphatic carbocycles. The van der Waals surface area contributed by atoms with Gasteiger partial charge in [0.05, 0.1) is 33.1 Å². The molecule has 0 aromatic heterocycles. The van der Waals surface area contributed by atoms with Crippen LogP contribution >= 0.6 is 11.6 Å². The summed E-state index contributed by atoms with van der Waals surface area (Å²) in [6, 6.07) is 11.6. The van der Waals surface area contributed by atoms with E-state index in [1.807, 2.05) is 30.3 Å². The molecule has 0 saturated carbocycles.